The van der Waals surface area contributed by atoms with E-state index < -0.39 is 0 Å². The summed E-state index contributed by atoms with van der Waals surface area (Å²) in [6.45, 7) is 10.3. The molecular weight excluding hydrogens is 214 g/mol. The molecule has 0 unspecified atom stereocenters. The first-order valence-corrected chi connectivity index (χ1v) is 5.99. The van der Waals surface area contributed by atoms with Crippen LogP contribution < -0.4 is 16.6 Å². The van der Waals surface area contributed by atoms with Gasteiger partial charge in [0.25, 0.3) is 0 Å². The maximum absolute atomic E-state index is 5.44. The summed E-state index contributed by atoms with van der Waals surface area (Å²) in [7, 11) is 0. The average Bonchev–Trinajstić information content (AvgIpc) is 2.22. The quantitative estimate of drug-likeness (QED) is 0.541. The predicted octanol–water partition coefficient (Wildman–Crippen LogP) is 2.37. The molecule has 0 bridgehead atoms. The predicted molar refractivity (Wildman–Crippen MR) is 71.9 cm³/mol. The lowest BCUT2D eigenvalue weighted by Gasteiger charge is -2.27. The fourth-order valence-corrected chi connectivity index (χ4v) is 1.90. The minimum Gasteiger partial charge on any atom is -0.365 e. The maximum Gasteiger partial charge on any atom is 0.148 e. The zero-order chi connectivity index (χ0) is 13.1. The number of hydrogen-bond donors (Lipinski definition) is 3. The van der Waals surface area contributed by atoms with Crippen molar-refractivity contribution in [2.45, 2.75) is 53.0 Å². The lowest BCUT2D eigenvalue weighted by atomic mass is 9.99. The molecule has 0 atom stereocenters. The lowest BCUT2D eigenvalue weighted by molar-refractivity contribution is 0.508. The minimum absolute atomic E-state index is 0.0200. The van der Waals surface area contributed by atoms with E-state index in [4.69, 9.17) is 5.84 Å². The molecule has 0 aliphatic carbocycles. The number of hydrogen-bond acceptors (Lipinski definition) is 5. The van der Waals surface area contributed by atoms with E-state index in [1.807, 2.05) is 13.8 Å². The molecule has 0 aliphatic rings. The number of nitrogen functional groups attached to an aromatic ring is 1. The lowest BCUT2D eigenvalue weighted by Crippen LogP contribution is -2.31. The van der Waals surface area contributed by atoms with Gasteiger partial charge in [-0.25, -0.2) is 15.8 Å². The van der Waals surface area contributed by atoms with Crippen LogP contribution in [0.4, 0.5) is 11.6 Å². The zero-order valence-corrected chi connectivity index (χ0v) is 11.4. The van der Waals surface area contributed by atoms with Crippen molar-refractivity contribution in [1.82, 2.24) is 9.97 Å². The first-order valence-electron chi connectivity index (χ1n) is 5.99. The van der Waals surface area contributed by atoms with Crippen LogP contribution in [0, 0.1) is 13.8 Å². The smallest absolute Gasteiger partial charge is 0.148 e. The second kappa shape index (κ2) is 5.31. The van der Waals surface area contributed by atoms with Crippen LogP contribution in [-0.2, 0) is 0 Å². The number of nitrogens with one attached hydrogen (secondary N) is 2. The summed E-state index contributed by atoms with van der Waals surface area (Å²) in [5.41, 5.74) is 3.57. The Morgan fingerprint density at radius 1 is 1.18 bits per heavy atom. The molecule has 1 heterocycles. The van der Waals surface area contributed by atoms with Crippen LogP contribution in [0.25, 0.3) is 0 Å². The van der Waals surface area contributed by atoms with Crippen LogP contribution in [0.5, 0.6) is 0 Å². The largest absolute Gasteiger partial charge is 0.365 e. The Morgan fingerprint density at radius 2 is 1.76 bits per heavy atom. The second-order valence-electron chi connectivity index (χ2n) is 5.00. The van der Waals surface area contributed by atoms with Crippen molar-refractivity contribution in [2.75, 3.05) is 10.7 Å². The molecule has 1 aromatic heterocycles. The molecule has 0 spiro atoms. The van der Waals surface area contributed by atoms with Crippen molar-refractivity contribution in [3.63, 3.8) is 0 Å². The van der Waals surface area contributed by atoms with Gasteiger partial charge in [0.1, 0.15) is 17.5 Å². The summed E-state index contributed by atoms with van der Waals surface area (Å²) in [6, 6.07) is 0. The Balaban J connectivity index is 3.02. The van der Waals surface area contributed by atoms with Gasteiger partial charge in [0, 0.05) is 11.1 Å². The van der Waals surface area contributed by atoms with Gasteiger partial charge in [-0.05, 0) is 34.1 Å². The molecule has 0 saturated carbocycles. The van der Waals surface area contributed by atoms with E-state index in [9.17, 15) is 0 Å². The molecule has 0 aliphatic heterocycles. The molecule has 0 amide bonds. The highest BCUT2D eigenvalue weighted by molar-refractivity contribution is 5.57. The monoisotopic (exact) mass is 237 g/mol. The summed E-state index contributed by atoms with van der Waals surface area (Å²) >= 11 is 0. The van der Waals surface area contributed by atoms with Gasteiger partial charge in [0.05, 0.1) is 0 Å². The van der Waals surface area contributed by atoms with Crippen LogP contribution >= 0.6 is 0 Å². The first-order chi connectivity index (χ1) is 7.89. The molecule has 96 valence electrons. The molecule has 1 rings (SSSR count). The van der Waals surface area contributed by atoms with E-state index in [2.05, 4.69) is 41.5 Å². The second-order valence-corrected chi connectivity index (χ2v) is 5.00. The minimum atomic E-state index is 0.0200. The molecule has 0 fully saturated rings. The summed E-state index contributed by atoms with van der Waals surface area (Å²) < 4.78 is 0. The van der Waals surface area contributed by atoms with Gasteiger partial charge < -0.3 is 10.7 Å². The van der Waals surface area contributed by atoms with E-state index in [1.165, 1.54) is 0 Å². The molecule has 0 aromatic carbocycles. The van der Waals surface area contributed by atoms with E-state index in [-0.39, 0.29) is 5.54 Å². The number of anilines is 2. The van der Waals surface area contributed by atoms with Crippen molar-refractivity contribution in [2.24, 2.45) is 5.84 Å². The SMILES string of the molecule is CCCC(C)(C)Nc1nc(C)nc(NN)c1C. The van der Waals surface area contributed by atoms with Crippen molar-refractivity contribution in [3.05, 3.63) is 11.4 Å². The summed E-state index contributed by atoms with van der Waals surface area (Å²) in [5, 5.41) is 3.46. The topological polar surface area (TPSA) is 75.9 Å². The Bertz CT molecular complexity index is 387. The molecule has 17 heavy (non-hydrogen) atoms. The first kappa shape index (κ1) is 13.7. The van der Waals surface area contributed by atoms with Gasteiger partial charge in [0.15, 0.2) is 0 Å². The average molecular weight is 237 g/mol. The van der Waals surface area contributed by atoms with E-state index in [1.54, 1.807) is 0 Å². The van der Waals surface area contributed by atoms with Gasteiger partial charge in [-0.1, -0.05) is 13.3 Å². The van der Waals surface area contributed by atoms with Gasteiger partial charge >= 0.3 is 0 Å². The van der Waals surface area contributed by atoms with Crippen LogP contribution in [0.1, 0.15) is 45.0 Å². The van der Waals surface area contributed by atoms with Gasteiger partial charge in [-0.3, -0.25) is 0 Å². The molecule has 5 nitrogen and oxygen atoms in total. The number of nitrogens with zero attached hydrogens (tertiary/aromatic N) is 2. The van der Waals surface area contributed by atoms with Gasteiger partial charge in [-0.2, -0.15) is 0 Å². The molecule has 0 radical (unpaired) electrons. The number of hydrazine groups is 1. The molecular formula is C12H23N5. The Kier molecular flexibility index (Phi) is 4.28. The van der Waals surface area contributed by atoms with Crippen molar-refractivity contribution in [1.29, 1.82) is 0 Å². The maximum atomic E-state index is 5.44. The van der Waals surface area contributed by atoms with Crippen LogP contribution in [0.15, 0.2) is 0 Å². The highest BCUT2D eigenvalue weighted by atomic mass is 15.3. The van der Waals surface area contributed by atoms with E-state index >= 15 is 0 Å². The summed E-state index contributed by atoms with van der Waals surface area (Å²) in [6.07, 6.45) is 2.21. The normalized spacial score (nSPS) is 11.4. The summed E-state index contributed by atoms with van der Waals surface area (Å²) in [5.74, 6) is 7.67. The third-order valence-electron chi connectivity index (χ3n) is 2.73. The molecule has 4 N–H and O–H groups in total. The Morgan fingerprint density at radius 3 is 2.29 bits per heavy atom. The third-order valence-corrected chi connectivity index (χ3v) is 2.73. The molecule has 1 aromatic rings. The highest BCUT2D eigenvalue weighted by Gasteiger charge is 2.19. The van der Waals surface area contributed by atoms with Gasteiger partial charge in [0.2, 0.25) is 0 Å². The number of nitrogens with two attached hydrogens (primary N) is 1. The number of rotatable bonds is 5. The highest BCUT2D eigenvalue weighted by Crippen LogP contribution is 2.24. The van der Waals surface area contributed by atoms with Gasteiger partial charge in [-0.15, -0.1) is 0 Å². The molecule has 0 saturated heterocycles. The molecule has 5 heteroatoms. The van der Waals surface area contributed by atoms with E-state index in [0.717, 1.165) is 24.2 Å². The summed E-state index contributed by atoms with van der Waals surface area (Å²) in [4.78, 5) is 8.67. The number of aryl methyl sites for hydroxylation is 1. The van der Waals surface area contributed by atoms with Crippen LogP contribution in [-0.4, -0.2) is 15.5 Å². The fraction of sp³-hybridized carbons (Fsp3) is 0.667. The van der Waals surface area contributed by atoms with Crippen LogP contribution in [0.3, 0.4) is 0 Å². The van der Waals surface area contributed by atoms with Crippen molar-refractivity contribution < 1.29 is 0 Å². The Hall–Kier alpha value is -1.36. The Labute approximate surface area is 103 Å². The number of aromatic nitrogens is 2. The van der Waals surface area contributed by atoms with Crippen LogP contribution in [0.2, 0.25) is 0 Å². The zero-order valence-electron chi connectivity index (χ0n) is 11.4. The van der Waals surface area contributed by atoms with Crippen molar-refractivity contribution in [3.8, 4) is 0 Å². The van der Waals surface area contributed by atoms with E-state index in [0.29, 0.717) is 11.6 Å². The van der Waals surface area contributed by atoms with Crippen molar-refractivity contribution >= 4 is 11.6 Å². The fourth-order valence-electron chi connectivity index (χ4n) is 1.90. The standard InChI is InChI=1S/C12H23N5/c1-6-7-12(4,5)16-10-8(2)11(17-13)15-9(3)14-10/h6-7,13H2,1-5H3,(H2,14,15,16,17). The third kappa shape index (κ3) is 3.56.